The average Bonchev–Trinajstić information content (AvgIpc) is 3.44. The molecule has 2 aromatic rings. The SMILES string of the molecule is [B]OC(=O)[C@@H](ON=C(C(=O)NC1C(=O)N2C(C(=O)OCc3ccc(OC)cc3)=C(CCl)CSC12)c1nc(NC(=O)OC(C)(C)C)sc1Cl)C(C)C. The molecule has 0 aliphatic carbocycles. The van der Waals surface area contributed by atoms with Gasteiger partial charge in [0.05, 0.1) is 7.11 Å². The molecule has 3 heterocycles. The smallest absolute Gasteiger partial charge is 0.413 e. The lowest BCUT2D eigenvalue weighted by molar-refractivity contribution is -0.153. The Labute approximate surface area is 313 Å². The first-order valence-electron chi connectivity index (χ1n) is 15.2. The molecule has 3 amide bonds. The Morgan fingerprint density at radius 3 is 2.45 bits per heavy atom. The van der Waals surface area contributed by atoms with Crippen LogP contribution in [0.3, 0.4) is 0 Å². The molecule has 2 unspecified atom stereocenters. The van der Waals surface area contributed by atoms with Gasteiger partial charge in [-0.3, -0.25) is 19.8 Å². The summed E-state index contributed by atoms with van der Waals surface area (Å²) in [4.78, 5) is 76.1. The van der Waals surface area contributed by atoms with Gasteiger partial charge in [-0.15, -0.1) is 23.4 Å². The van der Waals surface area contributed by atoms with Crippen molar-refractivity contribution >= 4 is 95.0 Å². The molecule has 2 radical (unpaired) electrons. The van der Waals surface area contributed by atoms with Gasteiger partial charge in [0.1, 0.15) is 45.1 Å². The van der Waals surface area contributed by atoms with Crippen LogP contribution < -0.4 is 15.4 Å². The summed E-state index contributed by atoms with van der Waals surface area (Å²) in [5.41, 5.74) is -0.413. The number of ether oxygens (including phenoxy) is 3. The van der Waals surface area contributed by atoms with Crippen molar-refractivity contribution < 1.29 is 47.7 Å². The number of thiazole rings is 1. The minimum Gasteiger partial charge on any atom is -0.541 e. The standard InChI is InChI=1S/C31H34BCl2N5O10S2/c1-14(2)22(28(43)48-32)49-38-19(18-23(34)51-29(36-18)37-30(44)47-31(3,4)5)24(40)35-20-25(41)39-21(16(11-33)13-50-26(20)39)27(42)46-12-15-7-9-17(45-6)10-8-15/h7-10,14,20,22,26H,11-13H2,1-6H3,(H,35,40)(H,36,37,44)/t20?,22-,26?/m0/s1. The van der Waals surface area contributed by atoms with E-state index in [2.05, 4.69) is 25.4 Å². The molecule has 0 bridgehead atoms. The van der Waals surface area contributed by atoms with Gasteiger partial charge in [-0.05, 0) is 44.0 Å². The highest BCUT2D eigenvalue weighted by atomic mass is 35.5. The number of oxime groups is 1. The number of methoxy groups -OCH3 is 1. The number of anilines is 1. The molecule has 1 fully saturated rings. The zero-order valence-electron chi connectivity index (χ0n) is 28.3. The van der Waals surface area contributed by atoms with Crippen LogP contribution in [0.25, 0.3) is 0 Å². The highest BCUT2D eigenvalue weighted by Crippen LogP contribution is 2.41. The molecule has 3 atom stereocenters. The molecule has 2 N–H and O–H groups in total. The van der Waals surface area contributed by atoms with E-state index in [9.17, 15) is 24.0 Å². The monoisotopic (exact) mass is 781 g/mol. The Bertz CT molecular complexity index is 1730. The number of esters is 1. The summed E-state index contributed by atoms with van der Waals surface area (Å²) in [5.74, 6) is -2.95. The van der Waals surface area contributed by atoms with Crippen molar-refractivity contribution in [3.05, 3.63) is 51.1 Å². The Morgan fingerprint density at radius 1 is 1.18 bits per heavy atom. The van der Waals surface area contributed by atoms with Gasteiger partial charge in [0, 0.05) is 17.6 Å². The third-order valence-electron chi connectivity index (χ3n) is 7.06. The van der Waals surface area contributed by atoms with Crippen LogP contribution in [0.4, 0.5) is 9.93 Å². The van der Waals surface area contributed by atoms with Gasteiger partial charge in [0.2, 0.25) is 6.10 Å². The minimum atomic E-state index is -1.34. The van der Waals surface area contributed by atoms with Gasteiger partial charge in [-0.2, -0.15) is 0 Å². The minimum absolute atomic E-state index is 0.00420. The quantitative estimate of drug-likeness (QED) is 0.0740. The number of alkyl halides is 1. The van der Waals surface area contributed by atoms with Crippen LogP contribution in [0.1, 0.15) is 45.9 Å². The number of amides is 3. The maximum atomic E-state index is 13.8. The van der Waals surface area contributed by atoms with Crippen LogP contribution in [0.5, 0.6) is 5.75 Å². The number of hydrogen-bond acceptors (Lipinski definition) is 14. The second-order valence-corrected chi connectivity index (χ2v) is 15.3. The van der Waals surface area contributed by atoms with E-state index in [1.807, 2.05) is 0 Å². The summed E-state index contributed by atoms with van der Waals surface area (Å²) in [5, 5.41) is 8.17. The first-order chi connectivity index (χ1) is 24.1. The fourth-order valence-corrected chi connectivity index (χ4v) is 7.33. The zero-order valence-corrected chi connectivity index (χ0v) is 31.5. The van der Waals surface area contributed by atoms with Gasteiger partial charge in [0.25, 0.3) is 11.8 Å². The Hall–Kier alpha value is -4.00. The number of carbonyl (C=O) groups excluding carboxylic acids is 5. The van der Waals surface area contributed by atoms with Crippen molar-refractivity contribution in [2.45, 2.75) is 64.3 Å². The van der Waals surface area contributed by atoms with Gasteiger partial charge in [0.15, 0.2) is 10.8 Å². The normalized spacial score (nSPS) is 17.9. The summed E-state index contributed by atoms with van der Waals surface area (Å²) >= 11 is 14.7. The van der Waals surface area contributed by atoms with E-state index >= 15 is 0 Å². The number of halogens is 2. The predicted molar refractivity (Wildman–Crippen MR) is 191 cm³/mol. The van der Waals surface area contributed by atoms with E-state index in [0.717, 1.165) is 11.3 Å². The first-order valence-corrected chi connectivity index (χ1v) is 18.0. The second kappa shape index (κ2) is 17.0. The average molecular weight is 782 g/mol. The fourth-order valence-electron chi connectivity index (χ4n) is 4.62. The molecule has 1 saturated heterocycles. The summed E-state index contributed by atoms with van der Waals surface area (Å²) < 4.78 is 20.1. The van der Waals surface area contributed by atoms with E-state index in [1.54, 1.807) is 58.9 Å². The number of aromatic nitrogens is 1. The number of β-lactam (4-membered cyclic amide) rings is 1. The van der Waals surface area contributed by atoms with E-state index in [0.29, 0.717) is 16.9 Å². The van der Waals surface area contributed by atoms with Crippen LogP contribution in [0.2, 0.25) is 4.34 Å². The molecular weight excluding hydrogens is 748 g/mol. The summed E-state index contributed by atoms with van der Waals surface area (Å²) in [6.07, 6.45) is -2.17. The van der Waals surface area contributed by atoms with Crippen molar-refractivity contribution in [1.29, 1.82) is 0 Å². The van der Waals surface area contributed by atoms with Crippen molar-refractivity contribution in [3.63, 3.8) is 0 Å². The summed E-state index contributed by atoms with van der Waals surface area (Å²) in [6.45, 7) is 8.19. The fraction of sp³-hybridized carbons (Fsp3) is 0.452. The number of hydrogen-bond donors (Lipinski definition) is 2. The molecule has 2 aliphatic rings. The Balaban J connectivity index is 1.56. The Morgan fingerprint density at radius 2 is 1.86 bits per heavy atom. The van der Waals surface area contributed by atoms with Crippen molar-refractivity contribution in [2.24, 2.45) is 11.1 Å². The second-order valence-electron chi connectivity index (χ2n) is 12.3. The molecule has 272 valence electrons. The van der Waals surface area contributed by atoms with Gasteiger partial charge in [-0.1, -0.05) is 54.1 Å². The van der Waals surface area contributed by atoms with E-state index < -0.39 is 64.6 Å². The van der Waals surface area contributed by atoms with Gasteiger partial charge in [-0.25, -0.2) is 19.4 Å². The first kappa shape index (κ1) is 39.8. The summed E-state index contributed by atoms with van der Waals surface area (Å²) in [7, 11) is 6.59. The third-order valence-corrected chi connectivity index (χ3v) is 9.89. The lowest BCUT2D eigenvalue weighted by Crippen LogP contribution is -2.71. The number of nitrogens with one attached hydrogen (secondary N) is 2. The van der Waals surface area contributed by atoms with E-state index in [-0.39, 0.29) is 39.1 Å². The highest BCUT2D eigenvalue weighted by molar-refractivity contribution is 8.00. The third kappa shape index (κ3) is 9.67. The molecule has 51 heavy (non-hydrogen) atoms. The molecule has 2 aliphatic heterocycles. The van der Waals surface area contributed by atoms with Crippen molar-refractivity contribution in [1.82, 2.24) is 15.2 Å². The van der Waals surface area contributed by atoms with Crippen LogP contribution in [0.15, 0.2) is 40.7 Å². The summed E-state index contributed by atoms with van der Waals surface area (Å²) in [6, 6.07) is 5.77. The number of fused-ring (bicyclic) bond motifs is 1. The lowest BCUT2D eigenvalue weighted by atomic mass is 10.0. The van der Waals surface area contributed by atoms with Crippen LogP contribution >= 0.6 is 46.3 Å². The van der Waals surface area contributed by atoms with Crippen LogP contribution in [0, 0.1) is 5.92 Å². The molecule has 0 spiro atoms. The lowest BCUT2D eigenvalue weighted by Gasteiger charge is -2.49. The molecular formula is C31H34BCl2N5O10S2. The maximum Gasteiger partial charge on any atom is 0.413 e. The van der Waals surface area contributed by atoms with E-state index in [1.165, 1.54) is 23.8 Å². The topological polar surface area (TPSA) is 184 Å². The molecule has 15 nitrogen and oxygen atoms in total. The number of carbonyl (C=O) groups is 5. The van der Waals surface area contributed by atoms with Crippen molar-refractivity contribution in [2.75, 3.05) is 24.1 Å². The number of benzene rings is 1. The zero-order chi connectivity index (χ0) is 37.6. The molecule has 1 aromatic carbocycles. The van der Waals surface area contributed by atoms with Gasteiger partial charge < -0.3 is 29.0 Å². The largest absolute Gasteiger partial charge is 0.541 e. The number of nitrogens with zero attached hydrogens (tertiary/aromatic N) is 3. The molecule has 1 aromatic heterocycles. The molecule has 0 saturated carbocycles. The Kier molecular flexibility index (Phi) is 13.3. The highest BCUT2D eigenvalue weighted by Gasteiger charge is 2.54. The molecule has 4 rings (SSSR count). The van der Waals surface area contributed by atoms with Gasteiger partial charge >= 0.3 is 26.1 Å². The molecule has 20 heteroatoms. The van der Waals surface area contributed by atoms with Crippen molar-refractivity contribution in [3.8, 4) is 5.75 Å². The number of thioether (sulfide) groups is 1. The predicted octanol–water partition coefficient (Wildman–Crippen LogP) is 4.16. The number of rotatable bonds is 13. The van der Waals surface area contributed by atoms with Crippen LogP contribution in [-0.4, -0.2) is 95.4 Å². The van der Waals surface area contributed by atoms with Crippen LogP contribution in [-0.2, 0) is 44.8 Å². The maximum absolute atomic E-state index is 13.8. The van der Waals surface area contributed by atoms with E-state index in [4.69, 9.17) is 50.3 Å².